The zero-order chi connectivity index (χ0) is 11.8. The molecular weight excluding hydrogens is 228 g/mol. The van der Waals surface area contributed by atoms with Crippen LogP contribution in [0, 0.1) is 12.8 Å². The van der Waals surface area contributed by atoms with Gasteiger partial charge in [-0.05, 0) is 36.5 Å². The van der Waals surface area contributed by atoms with E-state index in [1.807, 2.05) is 0 Å². The maximum absolute atomic E-state index is 4.95. The van der Waals surface area contributed by atoms with Gasteiger partial charge in [0.1, 0.15) is 6.17 Å². The zero-order valence-electron chi connectivity index (χ0n) is 9.86. The maximum Gasteiger partial charge on any atom is 0.126 e. The van der Waals surface area contributed by atoms with Gasteiger partial charge in [-0.1, -0.05) is 30.4 Å². The molecule has 0 aromatic heterocycles. The van der Waals surface area contributed by atoms with E-state index in [9.17, 15) is 0 Å². The lowest BCUT2D eigenvalue weighted by molar-refractivity contribution is 0.591. The molecule has 17 heavy (non-hydrogen) atoms. The zero-order valence-corrected chi connectivity index (χ0v) is 10.7. The van der Waals surface area contributed by atoms with Gasteiger partial charge < -0.3 is 10.6 Å². The van der Waals surface area contributed by atoms with Gasteiger partial charge in [0.15, 0.2) is 0 Å². The minimum Gasteiger partial charge on any atom is -0.366 e. The largest absolute Gasteiger partial charge is 0.366 e. The van der Waals surface area contributed by atoms with Crippen LogP contribution in [-0.2, 0) is 12.8 Å². The van der Waals surface area contributed by atoms with Gasteiger partial charge in [-0.15, -0.1) is 0 Å². The molecule has 2 nitrogen and oxygen atoms in total. The quantitative estimate of drug-likeness (QED) is 0.779. The van der Waals surface area contributed by atoms with Crippen molar-refractivity contribution in [3.05, 3.63) is 46.8 Å². The molecule has 2 N–H and O–H groups in total. The average molecular weight is 244 g/mol. The summed E-state index contributed by atoms with van der Waals surface area (Å²) in [4.78, 5) is 0. The molecule has 2 atom stereocenters. The van der Waals surface area contributed by atoms with Gasteiger partial charge >= 0.3 is 0 Å². The van der Waals surface area contributed by atoms with E-state index < -0.39 is 0 Å². The van der Waals surface area contributed by atoms with Crippen molar-refractivity contribution in [1.29, 1.82) is 0 Å². The van der Waals surface area contributed by atoms with Crippen molar-refractivity contribution in [2.24, 2.45) is 5.92 Å². The molecule has 1 aromatic carbocycles. The highest BCUT2D eigenvalue weighted by molar-refractivity contribution is 7.79. The van der Waals surface area contributed by atoms with Gasteiger partial charge in [0.25, 0.3) is 0 Å². The number of aryl methyl sites for hydroxylation is 1. The van der Waals surface area contributed by atoms with Crippen LogP contribution in [0.2, 0.25) is 0 Å². The lowest BCUT2D eigenvalue weighted by Crippen LogP contribution is -2.34. The Morgan fingerprint density at radius 3 is 2.94 bits per heavy atom. The van der Waals surface area contributed by atoms with Crippen LogP contribution in [0.5, 0.6) is 0 Å². The molecule has 0 radical (unpaired) electrons. The smallest absolute Gasteiger partial charge is 0.126 e. The molecule has 2 unspecified atom stereocenters. The predicted octanol–water partition coefficient (Wildman–Crippen LogP) is 2.07. The molecule has 3 heteroatoms. The summed E-state index contributed by atoms with van der Waals surface area (Å²) in [7, 11) is 0. The second-order valence-electron chi connectivity index (χ2n) is 4.84. The van der Waals surface area contributed by atoms with Crippen LogP contribution in [0.1, 0.15) is 16.7 Å². The Hall–Kier alpha value is -1.35. The van der Waals surface area contributed by atoms with Crippen LogP contribution >= 0.6 is 12.2 Å². The van der Waals surface area contributed by atoms with E-state index >= 15 is 0 Å². The Labute approximate surface area is 107 Å². The number of thiocarbonyl (C=S) groups is 1. The number of benzene rings is 1. The third kappa shape index (κ3) is 1.84. The maximum atomic E-state index is 4.95. The first-order chi connectivity index (χ1) is 8.28. The first kappa shape index (κ1) is 10.8. The number of hydrogen-bond donors (Lipinski definition) is 2. The molecule has 88 valence electrons. The van der Waals surface area contributed by atoms with Crippen molar-refractivity contribution in [2.75, 3.05) is 0 Å². The van der Waals surface area contributed by atoms with E-state index in [2.05, 4.69) is 42.0 Å². The van der Waals surface area contributed by atoms with E-state index in [0.717, 1.165) is 12.8 Å². The second kappa shape index (κ2) is 4.15. The second-order valence-corrected chi connectivity index (χ2v) is 5.11. The standard InChI is InChI=1S/C14H16N2S/c1-9-3-2-4-10-5-11(6-12(9)10)13-7-15-14(8-17)16-13/h2-4,7-8,11,14-16H,5-6H2,1H3. The monoisotopic (exact) mass is 244 g/mol. The molecule has 0 amide bonds. The van der Waals surface area contributed by atoms with Gasteiger partial charge in [0, 0.05) is 23.2 Å². The summed E-state index contributed by atoms with van der Waals surface area (Å²) in [5.74, 6) is 0.582. The number of nitrogens with one attached hydrogen (secondary N) is 2. The van der Waals surface area contributed by atoms with E-state index in [4.69, 9.17) is 12.2 Å². The molecule has 1 aliphatic heterocycles. The number of rotatable bonds is 2. The molecule has 2 aliphatic rings. The third-order valence-corrected chi connectivity index (χ3v) is 4.01. The molecule has 0 saturated carbocycles. The first-order valence-corrected chi connectivity index (χ1v) is 6.50. The van der Waals surface area contributed by atoms with Crippen molar-refractivity contribution >= 4 is 17.6 Å². The van der Waals surface area contributed by atoms with Crippen molar-refractivity contribution in [3.63, 3.8) is 0 Å². The third-order valence-electron chi connectivity index (χ3n) is 3.74. The highest BCUT2D eigenvalue weighted by atomic mass is 32.1. The Morgan fingerprint density at radius 2 is 2.24 bits per heavy atom. The fourth-order valence-electron chi connectivity index (χ4n) is 2.80. The molecule has 3 rings (SSSR count). The molecule has 0 spiro atoms. The summed E-state index contributed by atoms with van der Waals surface area (Å²) < 4.78 is 0. The molecule has 1 heterocycles. The minimum absolute atomic E-state index is 0.129. The Morgan fingerprint density at radius 1 is 1.35 bits per heavy atom. The topological polar surface area (TPSA) is 24.1 Å². The Kier molecular flexibility index (Phi) is 2.63. The van der Waals surface area contributed by atoms with E-state index in [0.29, 0.717) is 5.92 Å². The highest BCUT2D eigenvalue weighted by Crippen LogP contribution is 2.32. The predicted molar refractivity (Wildman–Crippen MR) is 73.9 cm³/mol. The number of allylic oxidation sites excluding steroid dienone is 1. The SMILES string of the molecule is Cc1cccc2c1CC(C1=CNC(C=S)N1)C2. The van der Waals surface area contributed by atoms with Crippen LogP contribution in [-0.4, -0.2) is 11.5 Å². The minimum atomic E-state index is 0.129. The number of hydrogen-bond acceptors (Lipinski definition) is 3. The van der Waals surface area contributed by atoms with Gasteiger partial charge in [0.05, 0.1) is 0 Å². The Bertz CT molecular complexity index is 493. The van der Waals surface area contributed by atoms with Gasteiger partial charge in [0.2, 0.25) is 0 Å². The number of fused-ring (bicyclic) bond motifs is 1. The molecular formula is C14H16N2S. The van der Waals surface area contributed by atoms with Crippen LogP contribution < -0.4 is 10.6 Å². The van der Waals surface area contributed by atoms with Crippen molar-refractivity contribution in [2.45, 2.75) is 25.9 Å². The molecule has 0 saturated heterocycles. The van der Waals surface area contributed by atoms with E-state index in [-0.39, 0.29) is 6.17 Å². The van der Waals surface area contributed by atoms with Gasteiger partial charge in [-0.3, -0.25) is 0 Å². The first-order valence-electron chi connectivity index (χ1n) is 6.03. The fourth-order valence-corrected chi connectivity index (χ4v) is 2.95. The summed E-state index contributed by atoms with van der Waals surface area (Å²) in [6.45, 7) is 2.20. The van der Waals surface area contributed by atoms with Crippen molar-refractivity contribution in [3.8, 4) is 0 Å². The van der Waals surface area contributed by atoms with Crippen LogP contribution in [0.15, 0.2) is 30.1 Å². The summed E-state index contributed by atoms with van der Waals surface area (Å²) in [5, 5.41) is 8.40. The van der Waals surface area contributed by atoms with Crippen LogP contribution in [0.25, 0.3) is 0 Å². The lowest BCUT2D eigenvalue weighted by atomic mass is 10.0. The van der Waals surface area contributed by atoms with Gasteiger partial charge in [-0.2, -0.15) is 0 Å². The molecule has 1 aromatic rings. The average Bonchev–Trinajstić information content (AvgIpc) is 2.95. The van der Waals surface area contributed by atoms with Gasteiger partial charge in [-0.25, -0.2) is 0 Å². The molecule has 0 bridgehead atoms. The van der Waals surface area contributed by atoms with E-state index in [1.165, 1.54) is 22.4 Å². The van der Waals surface area contributed by atoms with Crippen LogP contribution in [0.4, 0.5) is 0 Å². The summed E-state index contributed by atoms with van der Waals surface area (Å²) in [6.07, 6.45) is 4.50. The molecule has 1 aliphatic carbocycles. The normalized spacial score (nSPS) is 25.8. The lowest BCUT2D eigenvalue weighted by Gasteiger charge is -2.13. The van der Waals surface area contributed by atoms with Crippen LogP contribution in [0.3, 0.4) is 0 Å². The summed E-state index contributed by atoms with van der Waals surface area (Å²) in [6, 6.07) is 6.61. The van der Waals surface area contributed by atoms with E-state index in [1.54, 1.807) is 5.37 Å². The Balaban J connectivity index is 1.79. The van der Waals surface area contributed by atoms with Crippen molar-refractivity contribution in [1.82, 2.24) is 10.6 Å². The highest BCUT2D eigenvalue weighted by Gasteiger charge is 2.28. The fraction of sp³-hybridized carbons (Fsp3) is 0.357. The summed E-state index contributed by atoms with van der Waals surface area (Å²) in [5.41, 5.74) is 5.75. The molecule has 0 fully saturated rings. The van der Waals surface area contributed by atoms with Crippen molar-refractivity contribution < 1.29 is 0 Å². The summed E-state index contributed by atoms with van der Waals surface area (Å²) >= 11 is 4.95.